The molecule has 0 aliphatic carbocycles. The SMILES string of the molecule is CC(=O)O.CC(=O)O.CC(=O)O.CCCC(=O)O.OCC(O)CO. The normalized spacial score (nSPS) is 7.67. The molecular formula is C13H28O11. The van der Waals surface area contributed by atoms with Crippen LogP contribution in [0.4, 0.5) is 0 Å². The van der Waals surface area contributed by atoms with Gasteiger partial charge in [-0.25, -0.2) is 0 Å². The molecule has 0 amide bonds. The molecule has 0 aliphatic rings. The van der Waals surface area contributed by atoms with Gasteiger partial charge in [0.1, 0.15) is 6.10 Å². The summed E-state index contributed by atoms with van der Waals surface area (Å²) in [5.74, 6) is -3.21. The fourth-order valence-corrected chi connectivity index (χ4v) is 0.272. The Balaban J connectivity index is -0.0000000637. The molecule has 0 aromatic rings. The van der Waals surface area contributed by atoms with Crippen molar-refractivity contribution in [1.29, 1.82) is 0 Å². The van der Waals surface area contributed by atoms with Crippen molar-refractivity contribution in [2.75, 3.05) is 13.2 Å². The number of hydrogen-bond acceptors (Lipinski definition) is 7. The summed E-state index contributed by atoms with van der Waals surface area (Å²) in [6.45, 7) is 4.36. The van der Waals surface area contributed by atoms with Gasteiger partial charge in [-0.3, -0.25) is 19.2 Å². The molecule has 0 unspecified atom stereocenters. The van der Waals surface area contributed by atoms with E-state index in [2.05, 4.69) is 0 Å². The molecular weight excluding hydrogens is 332 g/mol. The van der Waals surface area contributed by atoms with E-state index in [-0.39, 0.29) is 13.2 Å². The number of rotatable bonds is 4. The fourth-order valence-electron chi connectivity index (χ4n) is 0.272. The molecule has 7 N–H and O–H groups in total. The molecule has 11 heteroatoms. The summed E-state index contributed by atoms with van der Waals surface area (Å²) in [6, 6.07) is 0. The monoisotopic (exact) mass is 360 g/mol. The molecule has 0 spiro atoms. The summed E-state index contributed by atoms with van der Waals surface area (Å²) in [5, 5.41) is 54.2. The first-order valence-electron chi connectivity index (χ1n) is 6.48. The molecule has 0 radical (unpaired) electrons. The lowest BCUT2D eigenvalue weighted by Crippen LogP contribution is -2.15. The van der Waals surface area contributed by atoms with Gasteiger partial charge in [0.15, 0.2) is 0 Å². The third-order valence-corrected chi connectivity index (χ3v) is 0.885. The van der Waals surface area contributed by atoms with Crippen molar-refractivity contribution in [3.8, 4) is 0 Å². The third kappa shape index (κ3) is 307. The quantitative estimate of drug-likeness (QED) is 0.339. The predicted molar refractivity (Wildman–Crippen MR) is 82.7 cm³/mol. The first-order valence-corrected chi connectivity index (χ1v) is 6.48. The second-order valence-corrected chi connectivity index (χ2v) is 3.72. The maximum atomic E-state index is 9.60. The maximum absolute atomic E-state index is 9.60. The Kier molecular flexibility index (Phi) is 40.1. The smallest absolute Gasteiger partial charge is 0.303 e. The molecule has 24 heavy (non-hydrogen) atoms. The minimum absolute atomic E-state index is 0.292. The molecule has 0 saturated carbocycles. The highest BCUT2D eigenvalue weighted by molar-refractivity contribution is 5.66. The van der Waals surface area contributed by atoms with Gasteiger partial charge in [0.25, 0.3) is 17.9 Å². The van der Waals surface area contributed by atoms with Gasteiger partial charge in [-0.05, 0) is 6.42 Å². The van der Waals surface area contributed by atoms with E-state index in [0.717, 1.165) is 27.2 Å². The van der Waals surface area contributed by atoms with E-state index in [0.29, 0.717) is 6.42 Å². The van der Waals surface area contributed by atoms with Crippen molar-refractivity contribution in [1.82, 2.24) is 0 Å². The lowest BCUT2D eigenvalue weighted by molar-refractivity contribution is -0.137. The highest BCUT2D eigenvalue weighted by Gasteiger charge is 1.93. The van der Waals surface area contributed by atoms with Crippen LogP contribution in [0.1, 0.15) is 40.5 Å². The van der Waals surface area contributed by atoms with Gasteiger partial charge in [-0.2, -0.15) is 0 Å². The van der Waals surface area contributed by atoms with E-state index in [9.17, 15) is 4.79 Å². The van der Waals surface area contributed by atoms with Gasteiger partial charge in [0.2, 0.25) is 0 Å². The van der Waals surface area contributed by atoms with Crippen molar-refractivity contribution in [3.05, 3.63) is 0 Å². The number of aliphatic hydroxyl groups excluding tert-OH is 3. The van der Waals surface area contributed by atoms with Gasteiger partial charge in [-0.15, -0.1) is 0 Å². The van der Waals surface area contributed by atoms with Gasteiger partial charge in [0.05, 0.1) is 13.2 Å². The molecule has 0 atom stereocenters. The standard InChI is InChI=1S/C4H8O2.C3H8O3.3C2H4O2/c1-2-3-4(5)6;4-1-3(6)2-5;3*1-2(3)4/h2-3H2,1H3,(H,5,6);3-6H,1-2H2;3*1H3,(H,3,4). The van der Waals surface area contributed by atoms with Crippen LogP contribution in [0.25, 0.3) is 0 Å². The molecule has 0 fully saturated rings. The zero-order valence-corrected chi connectivity index (χ0v) is 14.2. The average Bonchev–Trinajstić information content (AvgIpc) is 2.36. The Morgan fingerprint density at radius 3 is 0.958 bits per heavy atom. The summed E-state index contributed by atoms with van der Waals surface area (Å²) >= 11 is 0. The van der Waals surface area contributed by atoms with Crippen molar-refractivity contribution < 1.29 is 54.9 Å². The summed E-state index contributed by atoms with van der Waals surface area (Å²) < 4.78 is 0. The van der Waals surface area contributed by atoms with E-state index in [1.165, 1.54) is 0 Å². The summed E-state index contributed by atoms with van der Waals surface area (Å²) in [4.78, 5) is 36.6. The molecule has 0 saturated heterocycles. The van der Waals surface area contributed by atoms with Crippen LogP contribution in [0.3, 0.4) is 0 Å². The largest absolute Gasteiger partial charge is 0.481 e. The van der Waals surface area contributed by atoms with Gasteiger partial charge >= 0.3 is 5.97 Å². The predicted octanol–water partition coefficient (Wildman–Crippen LogP) is -0.524. The summed E-state index contributed by atoms with van der Waals surface area (Å²) in [5.41, 5.74) is 0. The van der Waals surface area contributed by atoms with Gasteiger partial charge in [0, 0.05) is 27.2 Å². The highest BCUT2D eigenvalue weighted by Crippen LogP contribution is 1.82. The van der Waals surface area contributed by atoms with Crippen LogP contribution < -0.4 is 0 Å². The van der Waals surface area contributed by atoms with Crippen LogP contribution in [0.2, 0.25) is 0 Å². The number of carbonyl (C=O) groups is 4. The fraction of sp³-hybridized carbons (Fsp3) is 0.692. The second-order valence-electron chi connectivity index (χ2n) is 3.72. The topological polar surface area (TPSA) is 210 Å². The van der Waals surface area contributed by atoms with Gasteiger partial charge in [-0.1, -0.05) is 6.92 Å². The molecule has 11 nitrogen and oxygen atoms in total. The van der Waals surface area contributed by atoms with Crippen LogP contribution in [0.15, 0.2) is 0 Å². The Morgan fingerprint density at radius 2 is 0.958 bits per heavy atom. The molecule has 0 aromatic carbocycles. The summed E-state index contributed by atoms with van der Waals surface area (Å²) in [6.07, 6.45) is 0.0694. The first-order chi connectivity index (χ1) is 10.8. The molecule has 0 rings (SSSR count). The number of carboxylic acid groups (broad SMARTS) is 4. The zero-order valence-electron chi connectivity index (χ0n) is 14.2. The van der Waals surface area contributed by atoms with Crippen molar-refractivity contribution in [2.45, 2.75) is 46.6 Å². The lowest BCUT2D eigenvalue weighted by atomic mass is 10.4. The van der Waals surface area contributed by atoms with E-state index < -0.39 is 30.0 Å². The van der Waals surface area contributed by atoms with Crippen LogP contribution in [0.5, 0.6) is 0 Å². The van der Waals surface area contributed by atoms with E-state index in [1.807, 2.05) is 6.92 Å². The van der Waals surface area contributed by atoms with Gasteiger partial charge < -0.3 is 35.7 Å². The minimum atomic E-state index is -0.954. The van der Waals surface area contributed by atoms with E-state index in [1.54, 1.807) is 0 Å². The Bertz CT molecular complexity index is 271. The number of hydrogen-bond donors (Lipinski definition) is 7. The second kappa shape index (κ2) is 28.9. The minimum Gasteiger partial charge on any atom is -0.481 e. The molecule has 0 aliphatic heterocycles. The number of aliphatic carboxylic acids is 4. The van der Waals surface area contributed by atoms with Crippen molar-refractivity contribution in [2.24, 2.45) is 0 Å². The first kappa shape index (κ1) is 33.4. The Hall–Kier alpha value is -2.24. The molecule has 0 aromatic heterocycles. The number of carboxylic acids is 4. The van der Waals surface area contributed by atoms with Crippen LogP contribution >= 0.6 is 0 Å². The van der Waals surface area contributed by atoms with E-state index >= 15 is 0 Å². The molecule has 0 bridgehead atoms. The Labute approximate surface area is 139 Å². The average molecular weight is 360 g/mol. The maximum Gasteiger partial charge on any atom is 0.303 e. The van der Waals surface area contributed by atoms with E-state index in [4.69, 9.17) is 50.1 Å². The van der Waals surface area contributed by atoms with Crippen molar-refractivity contribution >= 4 is 23.9 Å². The van der Waals surface area contributed by atoms with Crippen LogP contribution in [-0.4, -0.2) is 78.9 Å². The molecule has 146 valence electrons. The molecule has 0 heterocycles. The zero-order chi connectivity index (χ0) is 20.7. The number of aliphatic hydroxyl groups is 3. The summed E-state index contributed by atoms with van der Waals surface area (Å²) in [7, 11) is 0. The Morgan fingerprint density at radius 1 is 0.750 bits per heavy atom. The van der Waals surface area contributed by atoms with Crippen LogP contribution in [-0.2, 0) is 19.2 Å². The lowest BCUT2D eigenvalue weighted by Gasteiger charge is -1.96. The van der Waals surface area contributed by atoms with Crippen molar-refractivity contribution in [3.63, 3.8) is 0 Å². The van der Waals surface area contributed by atoms with Crippen LogP contribution in [0, 0.1) is 0 Å². The third-order valence-electron chi connectivity index (χ3n) is 0.885. The highest BCUT2D eigenvalue weighted by atomic mass is 16.4.